The summed E-state index contributed by atoms with van der Waals surface area (Å²) in [4.78, 5) is 1.64. The van der Waals surface area contributed by atoms with Gasteiger partial charge in [0.15, 0.2) is 6.04 Å². The average molecular weight is 300 g/mol. The molecule has 1 aromatic carbocycles. The number of hydrogen-bond donors (Lipinski definition) is 1. The Labute approximate surface area is 132 Å². The minimum atomic E-state index is 0.410. The number of hydrogen-bond acceptors (Lipinski definition) is 3. The van der Waals surface area contributed by atoms with Gasteiger partial charge in [-0.3, -0.25) is 0 Å². The summed E-state index contributed by atoms with van der Waals surface area (Å²) in [5.74, 6) is 1.61. The average Bonchev–Trinajstić information content (AvgIpc) is 3.19. The Kier molecular flexibility index (Phi) is 4.83. The van der Waals surface area contributed by atoms with E-state index >= 15 is 0 Å². The van der Waals surface area contributed by atoms with E-state index in [2.05, 4.69) is 59.7 Å². The van der Waals surface area contributed by atoms with Crippen molar-refractivity contribution in [1.82, 2.24) is 20.2 Å². The highest BCUT2D eigenvalue weighted by atomic mass is 15.5. The van der Waals surface area contributed by atoms with Crippen LogP contribution in [0.4, 0.5) is 0 Å². The minimum Gasteiger partial charge on any atom is -0.326 e. The molecule has 1 saturated heterocycles. The maximum atomic E-state index is 4.38. The van der Waals surface area contributed by atoms with Crippen molar-refractivity contribution in [3.63, 3.8) is 0 Å². The molecule has 2 heterocycles. The van der Waals surface area contributed by atoms with Gasteiger partial charge in [0.2, 0.25) is 5.82 Å². The van der Waals surface area contributed by atoms with Crippen LogP contribution in [0.2, 0.25) is 0 Å². The lowest BCUT2D eigenvalue weighted by atomic mass is 10.0. The lowest BCUT2D eigenvalue weighted by Crippen LogP contribution is -3.11. The molecule has 1 aliphatic heterocycles. The summed E-state index contributed by atoms with van der Waals surface area (Å²) in [6, 6.07) is 11.0. The summed E-state index contributed by atoms with van der Waals surface area (Å²) in [6.07, 6.45) is 3.62. The number of benzene rings is 1. The fraction of sp³-hybridized carbons (Fsp3) is 0.588. The van der Waals surface area contributed by atoms with Crippen LogP contribution in [0.5, 0.6) is 0 Å². The normalized spacial score (nSPS) is 17.2. The molecule has 0 spiro atoms. The van der Waals surface area contributed by atoms with E-state index in [-0.39, 0.29) is 0 Å². The van der Waals surface area contributed by atoms with Gasteiger partial charge in [-0.1, -0.05) is 44.2 Å². The van der Waals surface area contributed by atoms with Crippen LogP contribution in [0.3, 0.4) is 0 Å². The van der Waals surface area contributed by atoms with E-state index in [1.807, 2.05) is 4.68 Å². The van der Waals surface area contributed by atoms with Crippen molar-refractivity contribution in [2.24, 2.45) is 5.92 Å². The van der Waals surface area contributed by atoms with Crippen molar-refractivity contribution in [3.8, 4) is 0 Å². The zero-order chi connectivity index (χ0) is 15.4. The van der Waals surface area contributed by atoms with Gasteiger partial charge in [0.25, 0.3) is 0 Å². The Morgan fingerprint density at radius 1 is 1.14 bits per heavy atom. The largest absolute Gasteiger partial charge is 0.326 e. The monoisotopic (exact) mass is 300 g/mol. The number of aromatic nitrogens is 4. The molecule has 0 unspecified atom stereocenters. The second-order valence-corrected chi connectivity index (χ2v) is 6.58. The minimum absolute atomic E-state index is 0.410. The fourth-order valence-corrected chi connectivity index (χ4v) is 3.57. The molecule has 1 aliphatic rings. The molecule has 0 aliphatic carbocycles. The van der Waals surface area contributed by atoms with Crippen LogP contribution in [0.25, 0.3) is 0 Å². The number of nitrogens with one attached hydrogen (secondary N) is 1. The summed E-state index contributed by atoms with van der Waals surface area (Å²) in [6.45, 7) is 7.91. The predicted octanol–water partition coefficient (Wildman–Crippen LogP) is 1.29. The van der Waals surface area contributed by atoms with Crippen molar-refractivity contribution in [1.29, 1.82) is 0 Å². The van der Waals surface area contributed by atoms with Crippen molar-refractivity contribution < 1.29 is 4.90 Å². The molecule has 5 heteroatoms. The highest BCUT2D eigenvalue weighted by molar-refractivity contribution is 5.14. The molecule has 2 aromatic rings. The first-order valence-electron chi connectivity index (χ1n) is 8.40. The van der Waals surface area contributed by atoms with Gasteiger partial charge >= 0.3 is 0 Å². The highest BCUT2D eigenvalue weighted by Crippen LogP contribution is 2.17. The van der Waals surface area contributed by atoms with E-state index in [0.29, 0.717) is 12.0 Å². The summed E-state index contributed by atoms with van der Waals surface area (Å²) in [7, 11) is 0. The molecule has 118 valence electrons. The van der Waals surface area contributed by atoms with Crippen LogP contribution < -0.4 is 4.90 Å². The van der Waals surface area contributed by atoms with Gasteiger partial charge in [-0.05, 0) is 22.4 Å². The van der Waals surface area contributed by atoms with Crippen molar-refractivity contribution >= 4 is 0 Å². The Morgan fingerprint density at radius 2 is 1.86 bits per heavy atom. The Balaban J connectivity index is 1.75. The van der Waals surface area contributed by atoms with E-state index in [1.165, 1.54) is 31.5 Å². The van der Waals surface area contributed by atoms with Crippen molar-refractivity contribution in [2.45, 2.75) is 45.7 Å². The van der Waals surface area contributed by atoms with E-state index in [4.69, 9.17) is 0 Å². The molecule has 3 rings (SSSR count). The van der Waals surface area contributed by atoms with Crippen LogP contribution in [0, 0.1) is 5.92 Å². The van der Waals surface area contributed by atoms with E-state index in [9.17, 15) is 0 Å². The van der Waals surface area contributed by atoms with Crippen LogP contribution in [0.15, 0.2) is 30.3 Å². The molecule has 1 fully saturated rings. The standard InChI is InChI=1S/C17H25N5/c1-14(2)16(21-11-6-7-12-21)17-18-19-20-22(17)13-10-15-8-4-3-5-9-15/h3-5,8-9,14,16H,6-7,10-13H2,1-2H3/p+1/t16-/m1/s1. The van der Waals surface area contributed by atoms with Gasteiger partial charge in [0, 0.05) is 25.3 Å². The number of likely N-dealkylation sites (tertiary alicyclic amines) is 1. The topological polar surface area (TPSA) is 48.0 Å². The summed E-state index contributed by atoms with van der Waals surface area (Å²) < 4.78 is 2.02. The number of aryl methyl sites for hydroxylation is 2. The molecule has 0 radical (unpaired) electrons. The van der Waals surface area contributed by atoms with Crippen LogP contribution in [-0.2, 0) is 13.0 Å². The van der Waals surface area contributed by atoms with Gasteiger partial charge in [-0.2, -0.15) is 0 Å². The highest BCUT2D eigenvalue weighted by Gasteiger charge is 2.34. The van der Waals surface area contributed by atoms with Crippen molar-refractivity contribution in [3.05, 3.63) is 41.7 Å². The van der Waals surface area contributed by atoms with E-state index in [0.717, 1.165) is 18.8 Å². The zero-order valence-electron chi connectivity index (χ0n) is 13.6. The third kappa shape index (κ3) is 3.35. The maximum absolute atomic E-state index is 4.38. The van der Waals surface area contributed by atoms with Crippen molar-refractivity contribution in [2.75, 3.05) is 13.1 Å². The molecular formula is C17H26N5+. The van der Waals surface area contributed by atoms with Gasteiger partial charge in [-0.25, -0.2) is 4.68 Å². The third-order valence-electron chi connectivity index (χ3n) is 4.65. The smallest absolute Gasteiger partial charge is 0.209 e. The molecule has 1 atom stereocenters. The fourth-order valence-electron chi connectivity index (χ4n) is 3.57. The predicted molar refractivity (Wildman–Crippen MR) is 85.5 cm³/mol. The lowest BCUT2D eigenvalue weighted by molar-refractivity contribution is -0.924. The lowest BCUT2D eigenvalue weighted by Gasteiger charge is -2.26. The number of nitrogens with zero attached hydrogens (tertiary/aromatic N) is 4. The van der Waals surface area contributed by atoms with Gasteiger partial charge in [0.05, 0.1) is 13.1 Å². The van der Waals surface area contributed by atoms with Gasteiger partial charge in [-0.15, -0.1) is 5.10 Å². The summed E-state index contributed by atoms with van der Waals surface area (Å²) in [5, 5.41) is 12.6. The SMILES string of the molecule is CC(C)[C@H](c1nnnn1CCc1ccccc1)[NH+]1CCCC1. The molecule has 1 aromatic heterocycles. The quantitative estimate of drug-likeness (QED) is 0.874. The molecular weight excluding hydrogens is 274 g/mol. The molecule has 0 saturated carbocycles. The third-order valence-corrected chi connectivity index (χ3v) is 4.65. The van der Waals surface area contributed by atoms with E-state index < -0.39 is 0 Å². The molecule has 5 nitrogen and oxygen atoms in total. The Hall–Kier alpha value is -1.75. The van der Waals surface area contributed by atoms with Gasteiger partial charge in [0.1, 0.15) is 0 Å². The summed E-state index contributed by atoms with van der Waals surface area (Å²) >= 11 is 0. The van der Waals surface area contributed by atoms with Crippen LogP contribution in [-0.4, -0.2) is 33.3 Å². The Morgan fingerprint density at radius 3 is 2.55 bits per heavy atom. The second-order valence-electron chi connectivity index (χ2n) is 6.58. The van der Waals surface area contributed by atoms with E-state index in [1.54, 1.807) is 4.90 Å². The Bertz CT molecular complexity index is 572. The number of rotatable bonds is 6. The van der Waals surface area contributed by atoms with Crippen LogP contribution in [0.1, 0.15) is 44.1 Å². The number of quaternary nitrogens is 1. The maximum Gasteiger partial charge on any atom is 0.209 e. The molecule has 0 bridgehead atoms. The molecule has 22 heavy (non-hydrogen) atoms. The molecule has 0 amide bonds. The first-order valence-corrected chi connectivity index (χ1v) is 8.40. The first kappa shape index (κ1) is 15.2. The first-order chi connectivity index (χ1) is 10.8. The van der Waals surface area contributed by atoms with Gasteiger partial charge < -0.3 is 4.90 Å². The van der Waals surface area contributed by atoms with Crippen LogP contribution >= 0.6 is 0 Å². The number of tetrazole rings is 1. The second kappa shape index (κ2) is 7.01. The molecule has 1 N–H and O–H groups in total. The summed E-state index contributed by atoms with van der Waals surface area (Å²) in [5.41, 5.74) is 1.33. The zero-order valence-corrected chi connectivity index (χ0v) is 13.6.